The molecule has 1 saturated carbocycles. The topological polar surface area (TPSA) is 135 Å². The molecule has 0 aliphatic heterocycles. The van der Waals surface area contributed by atoms with E-state index < -0.39 is 37.1 Å². The fourth-order valence-corrected chi connectivity index (χ4v) is 6.09. The van der Waals surface area contributed by atoms with E-state index in [-0.39, 0.29) is 15.5 Å². The van der Waals surface area contributed by atoms with Gasteiger partial charge in [0.2, 0.25) is 20.0 Å². The summed E-state index contributed by atoms with van der Waals surface area (Å²) in [5.41, 5.74) is 0.590. The molecule has 30 heavy (non-hydrogen) atoms. The summed E-state index contributed by atoms with van der Waals surface area (Å²) in [6.07, 6.45) is 2.43. The molecule has 11 heteroatoms. The van der Waals surface area contributed by atoms with E-state index in [0.717, 1.165) is 24.5 Å². The van der Waals surface area contributed by atoms with Gasteiger partial charge >= 0.3 is 0 Å². The lowest BCUT2D eigenvalue weighted by Crippen LogP contribution is -2.52. The molecule has 0 unspecified atom stereocenters. The quantitative estimate of drug-likeness (QED) is 0.488. The van der Waals surface area contributed by atoms with Crippen molar-refractivity contribution < 1.29 is 21.8 Å². The summed E-state index contributed by atoms with van der Waals surface area (Å²) in [5, 5.41) is 10.9. The van der Waals surface area contributed by atoms with Crippen LogP contribution in [0.3, 0.4) is 0 Å². The summed E-state index contributed by atoms with van der Waals surface area (Å²) >= 11 is 0. The lowest BCUT2D eigenvalue weighted by Gasteiger charge is -2.32. The number of nitrogens with one attached hydrogen (secondary N) is 2. The van der Waals surface area contributed by atoms with E-state index in [1.54, 1.807) is 12.1 Å². The standard InChI is InChI=1S/C19H23N3O6S2/c1-14-9-11-16(12-10-14)29(25,26)20-18-7-2-3-8-19(18)21-30(27,28)17-6-4-5-15(13-17)22(23)24/h4-6,9-13,18-21H,2-3,7-8H2,1H3/t18-,19-/m0/s1. The Labute approximate surface area is 175 Å². The molecule has 0 saturated heterocycles. The SMILES string of the molecule is Cc1ccc(S(=O)(=O)N[C@H]2CCCC[C@@H]2NS(=O)(=O)c2cccc([N+](=O)[O-])c2)cc1. The number of hydrogen-bond donors (Lipinski definition) is 2. The number of rotatable bonds is 7. The molecule has 2 aromatic rings. The molecule has 1 aliphatic rings. The van der Waals surface area contributed by atoms with Crippen LogP contribution in [0.1, 0.15) is 31.2 Å². The van der Waals surface area contributed by atoms with E-state index in [2.05, 4.69) is 9.44 Å². The predicted octanol–water partition coefficient (Wildman–Crippen LogP) is 2.47. The number of non-ortho nitro benzene ring substituents is 1. The smallest absolute Gasteiger partial charge is 0.258 e. The van der Waals surface area contributed by atoms with Crippen LogP contribution < -0.4 is 9.44 Å². The van der Waals surface area contributed by atoms with Crippen LogP contribution in [-0.4, -0.2) is 33.8 Å². The molecule has 1 aliphatic carbocycles. The summed E-state index contributed by atoms with van der Waals surface area (Å²) in [7, 11) is -7.89. The van der Waals surface area contributed by atoms with Crippen LogP contribution in [0.2, 0.25) is 0 Å². The van der Waals surface area contributed by atoms with Gasteiger partial charge in [0, 0.05) is 24.2 Å². The third kappa shape index (κ3) is 5.22. The van der Waals surface area contributed by atoms with Gasteiger partial charge in [-0.15, -0.1) is 0 Å². The van der Waals surface area contributed by atoms with Crippen molar-refractivity contribution in [2.24, 2.45) is 0 Å². The molecule has 0 aromatic heterocycles. The molecule has 0 heterocycles. The first-order chi connectivity index (χ1) is 14.1. The molecule has 0 spiro atoms. The van der Waals surface area contributed by atoms with Gasteiger partial charge in [-0.2, -0.15) is 0 Å². The van der Waals surface area contributed by atoms with Crippen LogP contribution in [-0.2, 0) is 20.0 Å². The first-order valence-electron chi connectivity index (χ1n) is 9.44. The van der Waals surface area contributed by atoms with Crippen molar-refractivity contribution in [2.45, 2.75) is 54.5 Å². The summed E-state index contributed by atoms with van der Waals surface area (Å²) in [6.45, 7) is 1.85. The Morgan fingerprint density at radius 2 is 1.40 bits per heavy atom. The highest BCUT2D eigenvalue weighted by atomic mass is 32.2. The Balaban J connectivity index is 1.81. The van der Waals surface area contributed by atoms with E-state index in [0.29, 0.717) is 12.8 Å². The van der Waals surface area contributed by atoms with Gasteiger partial charge in [-0.05, 0) is 38.0 Å². The maximum Gasteiger partial charge on any atom is 0.270 e. The molecule has 162 valence electrons. The fraction of sp³-hybridized carbons (Fsp3) is 0.368. The van der Waals surface area contributed by atoms with Gasteiger partial charge in [0.1, 0.15) is 0 Å². The minimum Gasteiger partial charge on any atom is -0.258 e. The molecule has 3 rings (SSSR count). The van der Waals surface area contributed by atoms with Gasteiger partial charge in [0.05, 0.1) is 14.7 Å². The van der Waals surface area contributed by atoms with Crippen LogP contribution in [0.15, 0.2) is 58.3 Å². The van der Waals surface area contributed by atoms with Crippen LogP contribution in [0.4, 0.5) is 5.69 Å². The zero-order chi connectivity index (χ0) is 21.9. The monoisotopic (exact) mass is 453 g/mol. The molecule has 0 bridgehead atoms. The van der Waals surface area contributed by atoms with E-state index >= 15 is 0 Å². The first-order valence-corrected chi connectivity index (χ1v) is 12.4. The summed E-state index contributed by atoms with van der Waals surface area (Å²) in [4.78, 5) is 10.2. The highest BCUT2D eigenvalue weighted by Crippen LogP contribution is 2.24. The number of nitrogens with zero attached hydrogens (tertiary/aromatic N) is 1. The zero-order valence-corrected chi connectivity index (χ0v) is 17.9. The van der Waals surface area contributed by atoms with E-state index in [1.807, 2.05) is 6.92 Å². The summed E-state index contributed by atoms with van der Waals surface area (Å²) < 4.78 is 56.2. The zero-order valence-electron chi connectivity index (χ0n) is 16.3. The number of benzene rings is 2. The Morgan fingerprint density at radius 3 is 1.93 bits per heavy atom. The number of hydrogen-bond acceptors (Lipinski definition) is 6. The van der Waals surface area contributed by atoms with Crippen molar-refractivity contribution in [3.05, 3.63) is 64.2 Å². The molecule has 9 nitrogen and oxygen atoms in total. The number of sulfonamides is 2. The second kappa shape index (κ2) is 8.80. The first kappa shape index (κ1) is 22.3. The third-order valence-electron chi connectivity index (χ3n) is 5.05. The maximum atomic E-state index is 12.8. The molecule has 0 amide bonds. The maximum absolute atomic E-state index is 12.8. The molecule has 2 atom stereocenters. The molecule has 1 fully saturated rings. The van der Waals surface area contributed by atoms with Crippen LogP contribution in [0.25, 0.3) is 0 Å². The highest BCUT2D eigenvalue weighted by Gasteiger charge is 2.33. The second-order valence-corrected chi connectivity index (χ2v) is 10.7. The lowest BCUT2D eigenvalue weighted by molar-refractivity contribution is -0.385. The second-order valence-electron chi connectivity index (χ2n) is 7.31. The van der Waals surface area contributed by atoms with Crippen LogP contribution in [0, 0.1) is 17.0 Å². The minimum absolute atomic E-state index is 0.110. The average Bonchev–Trinajstić information content (AvgIpc) is 2.69. The molecule has 2 aromatic carbocycles. The fourth-order valence-electron chi connectivity index (χ4n) is 3.43. The number of nitro benzene ring substituents is 1. The van der Waals surface area contributed by atoms with Gasteiger partial charge in [-0.3, -0.25) is 10.1 Å². The summed E-state index contributed by atoms with van der Waals surface area (Å²) in [5.74, 6) is 0. The molecular weight excluding hydrogens is 430 g/mol. The Hall–Kier alpha value is -2.34. The Kier molecular flexibility index (Phi) is 6.56. The van der Waals surface area contributed by atoms with Crippen molar-refractivity contribution in [2.75, 3.05) is 0 Å². The molecule has 0 radical (unpaired) electrons. The van der Waals surface area contributed by atoms with Crippen molar-refractivity contribution >= 4 is 25.7 Å². The lowest BCUT2D eigenvalue weighted by atomic mass is 9.92. The number of nitro groups is 1. The van der Waals surface area contributed by atoms with Gasteiger partial charge in [0.25, 0.3) is 5.69 Å². The van der Waals surface area contributed by atoms with Crippen molar-refractivity contribution in [1.29, 1.82) is 0 Å². The van der Waals surface area contributed by atoms with E-state index in [9.17, 15) is 26.9 Å². The van der Waals surface area contributed by atoms with Crippen molar-refractivity contribution in [1.82, 2.24) is 9.44 Å². The summed E-state index contributed by atoms with van der Waals surface area (Å²) in [6, 6.07) is 9.85. The third-order valence-corrected chi connectivity index (χ3v) is 8.04. The molecular formula is C19H23N3O6S2. The van der Waals surface area contributed by atoms with E-state index in [1.165, 1.54) is 30.3 Å². The predicted molar refractivity (Wildman–Crippen MR) is 111 cm³/mol. The van der Waals surface area contributed by atoms with Gasteiger partial charge in [-0.25, -0.2) is 26.3 Å². The molecule has 2 N–H and O–H groups in total. The number of aryl methyl sites for hydroxylation is 1. The van der Waals surface area contributed by atoms with Crippen LogP contribution >= 0.6 is 0 Å². The van der Waals surface area contributed by atoms with E-state index in [4.69, 9.17) is 0 Å². The van der Waals surface area contributed by atoms with Gasteiger partial charge < -0.3 is 0 Å². The average molecular weight is 454 g/mol. The van der Waals surface area contributed by atoms with Crippen molar-refractivity contribution in [3.8, 4) is 0 Å². The normalized spacial score (nSPS) is 20.0. The van der Waals surface area contributed by atoms with Crippen LogP contribution in [0.5, 0.6) is 0 Å². The van der Waals surface area contributed by atoms with Gasteiger partial charge in [0.15, 0.2) is 0 Å². The van der Waals surface area contributed by atoms with Crippen molar-refractivity contribution in [3.63, 3.8) is 0 Å². The Bertz CT molecular complexity index is 1130. The van der Waals surface area contributed by atoms with Gasteiger partial charge in [-0.1, -0.05) is 36.6 Å². The largest absolute Gasteiger partial charge is 0.270 e. The minimum atomic E-state index is -4.06. The Morgan fingerprint density at radius 1 is 0.867 bits per heavy atom. The highest BCUT2D eigenvalue weighted by molar-refractivity contribution is 7.90.